The largest absolute Gasteiger partial charge is 0.348 e. The van der Waals surface area contributed by atoms with Gasteiger partial charge in [0.1, 0.15) is 0 Å². The summed E-state index contributed by atoms with van der Waals surface area (Å²) in [7, 11) is 4.01. The summed E-state index contributed by atoms with van der Waals surface area (Å²) >= 11 is 0. The molecule has 0 spiro atoms. The predicted molar refractivity (Wildman–Crippen MR) is 48.8 cm³/mol. The number of hydrogen-bond acceptors (Lipinski definition) is 3. The summed E-state index contributed by atoms with van der Waals surface area (Å²) in [5, 5.41) is 0. The lowest BCUT2D eigenvalue weighted by atomic mass is 10.1. The van der Waals surface area contributed by atoms with E-state index in [0.717, 1.165) is 11.4 Å². The summed E-state index contributed by atoms with van der Waals surface area (Å²) in [6.07, 6.45) is 1.71. The number of rotatable bonds is 3. The topological polar surface area (TPSA) is 57.9 Å². The molecule has 1 atom stereocenters. The first-order chi connectivity index (χ1) is 5.66. The molecule has 0 aliphatic carbocycles. The Morgan fingerprint density at radius 3 is 2.67 bits per heavy atom. The van der Waals surface area contributed by atoms with Crippen LogP contribution in [0.15, 0.2) is 6.33 Å². The molecule has 0 radical (unpaired) electrons. The van der Waals surface area contributed by atoms with E-state index < -0.39 is 0 Å². The molecule has 4 heteroatoms. The van der Waals surface area contributed by atoms with Crippen molar-refractivity contribution in [3.05, 3.63) is 17.7 Å². The molecule has 1 heterocycles. The zero-order valence-electron chi connectivity index (χ0n) is 7.83. The van der Waals surface area contributed by atoms with Crippen molar-refractivity contribution in [1.29, 1.82) is 0 Å². The van der Waals surface area contributed by atoms with Crippen LogP contribution in [-0.2, 0) is 0 Å². The number of imidazole rings is 1. The second-order valence-corrected chi connectivity index (χ2v) is 3.13. The summed E-state index contributed by atoms with van der Waals surface area (Å²) < 4.78 is 0. The molecular weight excluding hydrogens is 152 g/mol. The number of aryl methyl sites for hydroxylation is 1. The third-order valence-electron chi connectivity index (χ3n) is 2.03. The number of nitrogens with zero attached hydrogens (tertiary/aromatic N) is 2. The Kier molecular flexibility index (Phi) is 2.83. The number of likely N-dealkylation sites (N-methyl/N-ethyl adjacent to an activating group) is 1. The zero-order chi connectivity index (χ0) is 9.14. The molecule has 1 aromatic rings. The monoisotopic (exact) mass is 168 g/mol. The Hall–Kier alpha value is -0.870. The van der Waals surface area contributed by atoms with E-state index in [9.17, 15) is 0 Å². The lowest BCUT2D eigenvalue weighted by Crippen LogP contribution is -2.28. The van der Waals surface area contributed by atoms with Crippen molar-refractivity contribution < 1.29 is 0 Å². The number of aromatic nitrogens is 2. The van der Waals surface area contributed by atoms with Gasteiger partial charge in [0.25, 0.3) is 0 Å². The lowest BCUT2D eigenvalue weighted by molar-refractivity contribution is 0.300. The predicted octanol–water partition coefficient (Wildman–Crippen LogP) is 0.280. The van der Waals surface area contributed by atoms with Gasteiger partial charge in [0.2, 0.25) is 0 Å². The van der Waals surface area contributed by atoms with E-state index in [1.54, 1.807) is 6.33 Å². The summed E-state index contributed by atoms with van der Waals surface area (Å²) in [6.45, 7) is 2.60. The second-order valence-electron chi connectivity index (χ2n) is 3.13. The van der Waals surface area contributed by atoms with Crippen molar-refractivity contribution in [3.63, 3.8) is 0 Å². The van der Waals surface area contributed by atoms with Crippen molar-refractivity contribution in [1.82, 2.24) is 14.9 Å². The van der Waals surface area contributed by atoms with Crippen LogP contribution in [-0.4, -0.2) is 35.5 Å². The molecule has 0 fully saturated rings. The first kappa shape index (κ1) is 9.22. The molecule has 3 N–H and O–H groups in total. The number of nitrogens with two attached hydrogens (primary N) is 1. The first-order valence-corrected chi connectivity index (χ1v) is 4.03. The Bertz CT molecular complexity index is 241. The van der Waals surface area contributed by atoms with Gasteiger partial charge in [-0.1, -0.05) is 0 Å². The van der Waals surface area contributed by atoms with Gasteiger partial charge in [-0.3, -0.25) is 4.90 Å². The van der Waals surface area contributed by atoms with Gasteiger partial charge in [-0.2, -0.15) is 0 Å². The molecule has 0 aromatic carbocycles. The molecule has 1 aromatic heterocycles. The number of aromatic amines is 1. The van der Waals surface area contributed by atoms with Crippen molar-refractivity contribution >= 4 is 0 Å². The van der Waals surface area contributed by atoms with Crippen LogP contribution in [0.3, 0.4) is 0 Å². The van der Waals surface area contributed by atoms with Crippen LogP contribution >= 0.6 is 0 Å². The molecule has 68 valence electrons. The van der Waals surface area contributed by atoms with E-state index in [-0.39, 0.29) is 6.04 Å². The fourth-order valence-corrected chi connectivity index (χ4v) is 1.27. The minimum atomic E-state index is 0.219. The van der Waals surface area contributed by atoms with E-state index >= 15 is 0 Å². The van der Waals surface area contributed by atoms with Crippen LogP contribution < -0.4 is 5.73 Å². The third kappa shape index (κ3) is 1.65. The summed E-state index contributed by atoms with van der Waals surface area (Å²) in [6, 6.07) is 0.219. The minimum absolute atomic E-state index is 0.219. The highest BCUT2D eigenvalue weighted by atomic mass is 15.1. The highest BCUT2D eigenvalue weighted by molar-refractivity contribution is 5.14. The Balaban J connectivity index is 2.87. The van der Waals surface area contributed by atoms with Crippen LogP contribution in [0.4, 0.5) is 0 Å². The van der Waals surface area contributed by atoms with Gasteiger partial charge >= 0.3 is 0 Å². The fraction of sp³-hybridized carbons (Fsp3) is 0.625. The maximum atomic E-state index is 5.64. The molecule has 0 amide bonds. The second kappa shape index (κ2) is 3.69. The van der Waals surface area contributed by atoms with Gasteiger partial charge in [-0.05, 0) is 21.0 Å². The average Bonchev–Trinajstić information content (AvgIpc) is 2.38. The molecule has 0 aliphatic heterocycles. The molecule has 0 aliphatic rings. The van der Waals surface area contributed by atoms with Crippen molar-refractivity contribution in [3.8, 4) is 0 Å². The average molecular weight is 168 g/mol. The van der Waals surface area contributed by atoms with Gasteiger partial charge in [0.05, 0.1) is 18.1 Å². The smallest absolute Gasteiger partial charge is 0.0925 e. The minimum Gasteiger partial charge on any atom is -0.348 e. The van der Waals surface area contributed by atoms with E-state index in [0.29, 0.717) is 6.54 Å². The molecule has 1 rings (SSSR count). The highest BCUT2D eigenvalue weighted by Crippen LogP contribution is 2.16. The number of hydrogen-bond donors (Lipinski definition) is 2. The zero-order valence-corrected chi connectivity index (χ0v) is 7.83. The van der Waals surface area contributed by atoms with Crippen LogP contribution in [0.2, 0.25) is 0 Å². The van der Waals surface area contributed by atoms with Gasteiger partial charge in [-0.15, -0.1) is 0 Å². The van der Waals surface area contributed by atoms with E-state index in [1.165, 1.54) is 0 Å². The summed E-state index contributed by atoms with van der Waals surface area (Å²) in [5.74, 6) is 0. The number of H-pyrrole nitrogens is 1. The van der Waals surface area contributed by atoms with Crippen LogP contribution in [0.1, 0.15) is 17.4 Å². The van der Waals surface area contributed by atoms with E-state index in [4.69, 9.17) is 5.73 Å². The summed E-state index contributed by atoms with van der Waals surface area (Å²) in [4.78, 5) is 9.35. The lowest BCUT2D eigenvalue weighted by Gasteiger charge is -2.21. The highest BCUT2D eigenvalue weighted by Gasteiger charge is 2.15. The van der Waals surface area contributed by atoms with Gasteiger partial charge in [-0.25, -0.2) is 4.98 Å². The van der Waals surface area contributed by atoms with E-state index in [1.807, 2.05) is 21.0 Å². The van der Waals surface area contributed by atoms with Crippen molar-refractivity contribution in [2.45, 2.75) is 13.0 Å². The fourth-order valence-electron chi connectivity index (χ4n) is 1.27. The van der Waals surface area contributed by atoms with Gasteiger partial charge in [0, 0.05) is 12.2 Å². The molecule has 0 bridgehead atoms. The normalized spacial score (nSPS) is 13.8. The molecule has 4 nitrogen and oxygen atoms in total. The first-order valence-electron chi connectivity index (χ1n) is 4.03. The van der Waals surface area contributed by atoms with Crippen molar-refractivity contribution in [2.24, 2.45) is 5.73 Å². The molecule has 0 saturated carbocycles. The van der Waals surface area contributed by atoms with Gasteiger partial charge in [0.15, 0.2) is 0 Å². The quantitative estimate of drug-likeness (QED) is 0.681. The van der Waals surface area contributed by atoms with Crippen LogP contribution in [0.25, 0.3) is 0 Å². The molecule has 12 heavy (non-hydrogen) atoms. The van der Waals surface area contributed by atoms with Gasteiger partial charge < -0.3 is 10.7 Å². The summed E-state index contributed by atoms with van der Waals surface area (Å²) in [5.41, 5.74) is 7.78. The van der Waals surface area contributed by atoms with E-state index in [2.05, 4.69) is 14.9 Å². The SMILES string of the molecule is Cc1[nH]cnc1C(CN)N(C)C. The van der Waals surface area contributed by atoms with Crippen LogP contribution in [0.5, 0.6) is 0 Å². The number of nitrogens with one attached hydrogen (secondary N) is 1. The third-order valence-corrected chi connectivity index (χ3v) is 2.03. The molecule has 0 saturated heterocycles. The molecular formula is C8H16N4. The Labute approximate surface area is 72.8 Å². The Morgan fingerprint density at radius 1 is 1.67 bits per heavy atom. The molecule has 1 unspecified atom stereocenters. The van der Waals surface area contributed by atoms with Crippen molar-refractivity contribution in [2.75, 3.05) is 20.6 Å². The standard InChI is InChI=1S/C8H16N4/c1-6-8(11-5-10-6)7(4-9)12(2)3/h5,7H,4,9H2,1-3H3,(H,10,11). The van der Waals surface area contributed by atoms with Crippen LogP contribution in [0, 0.1) is 6.92 Å². The maximum Gasteiger partial charge on any atom is 0.0925 e. The maximum absolute atomic E-state index is 5.64. The Morgan fingerprint density at radius 2 is 2.33 bits per heavy atom.